The first-order chi connectivity index (χ1) is 9.93. The lowest BCUT2D eigenvalue weighted by Gasteiger charge is -2.28. The van der Waals surface area contributed by atoms with Gasteiger partial charge in [-0.15, -0.1) is 0 Å². The van der Waals surface area contributed by atoms with Gasteiger partial charge < -0.3 is 16.2 Å². The molecule has 122 valence electrons. The first-order valence-electron chi connectivity index (χ1n) is 7.92. The fraction of sp³-hybridized carbons (Fsp3) is 0.812. The first kappa shape index (κ1) is 18.5. The summed E-state index contributed by atoms with van der Waals surface area (Å²) in [6.07, 6.45) is 7.11. The van der Waals surface area contributed by atoms with Crippen molar-refractivity contribution in [2.75, 3.05) is 7.05 Å². The Morgan fingerprint density at radius 1 is 1.43 bits per heavy atom. The van der Waals surface area contributed by atoms with E-state index in [1.165, 1.54) is 32.1 Å². The maximum absolute atomic E-state index is 11.8. The predicted molar refractivity (Wildman–Crippen MR) is 87.0 cm³/mol. The molecule has 5 heteroatoms. The summed E-state index contributed by atoms with van der Waals surface area (Å²) >= 11 is 5.80. The zero-order valence-corrected chi connectivity index (χ0v) is 13.7. The minimum Gasteiger partial charge on any atom is -0.391 e. The van der Waals surface area contributed by atoms with E-state index in [1.807, 2.05) is 0 Å². The molecule has 0 aliphatic heterocycles. The van der Waals surface area contributed by atoms with E-state index in [4.69, 9.17) is 17.3 Å². The van der Waals surface area contributed by atoms with E-state index >= 15 is 0 Å². The van der Waals surface area contributed by atoms with E-state index in [0.717, 1.165) is 6.42 Å². The van der Waals surface area contributed by atoms with Gasteiger partial charge in [-0.3, -0.25) is 4.79 Å². The Morgan fingerprint density at radius 3 is 2.57 bits per heavy atom. The van der Waals surface area contributed by atoms with E-state index in [9.17, 15) is 9.90 Å². The van der Waals surface area contributed by atoms with Crippen LogP contribution in [0.15, 0.2) is 11.6 Å². The van der Waals surface area contributed by atoms with Crippen molar-refractivity contribution < 1.29 is 9.90 Å². The number of allylic oxidation sites excluding steroid dienone is 1. The summed E-state index contributed by atoms with van der Waals surface area (Å²) in [6, 6.07) is -0.274. The van der Waals surface area contributed by atoms with Crippen molar-refractivity contribution in [2.45, 2.75) is 63.5 Å². The van der Waals surface area contributed by atoms with E-state index in [1.54, 1.807) is 7.05 Å². The van der Waals surface area contributed by atoms with Gasteiger partial charge >= 0.3 is 0 Å². The van der Waals surface area contributed by atoms with Gasteiger partial charge in [0, 0.05) is 24.0 Å². The highest BCUT2D eigenvalue weighted by molar-refractivity contribution is 6.29. The second-order valence-corrected chi connectivity index (χ2v) is 6.77. The average Bonchev–Trinajstić information content (AvgIpc) is 2.46. The number of carbonyl (C=O) groups excluding carboxylic acids is 1. The van der Waals surface area contributed by atoms with Crippen LogP contribution in [0, 0.1) is 11.8 Å². The van der Waals surface area contributed by atoms with Crippen molar-refractivity contribution in [3.05, 3.63) is 11.6 Å². The van der Waals surface area contributed by atoms with E-state index in [0.29, 0.717) is 23.8 Å². The van der Waals surface area contributed by atoms with Crippen LogP contribution in [0.3, 0.4) is 0 Å². The van der Waals surface area contributed by atoms with E-state index in [2.05, 4.69) is 11.9 Å². The molecule has 1 fully saturated rings. The van der Waals surface area contributed by atoms with Crippen molar-refractivity contribution in [1.29, 1.82) is 0 Å². The lowest BCUT2D eigenvalue weighted by Crippen LogP contribution is -2.40. The maximum Gasteiger partial charge on any atom is 0.223 e. The lowest BCUT2D eigenvalue weighted by molar-refractivity contribution is -0.125. The highest BCUT2D eigenvalue weighted by Crippen LogP contribution is 2.28. The quantitative estimate of drug-likeness (QED) is 0.644. The van der Waals surface area contributed by atoms with Gasteiger partial charge in [0.05, 0.1) is 6.10 Å². The molecular weight excluding hydrogens is 288 g/mol. The number of nitrogens with one attached hydrogen (secondary N) is 1. The summed E-state index contributed by atoms with van der Waals surface area (Å²) in [6.45, 7) is 3.63. The fourth-order valence-corrected chi connectivity index (χ4v) is 3.37. The second kappa shape index (κ2) is 9.44. The molecule has 0 aromatic rings. The van der Waals surface area contributed by atoms with Crippen LogP contribution in [0.4, 0.5) is 0 Å². The fourth-order valence-electron chi connectivity index (χ4n) is 3.19. The molecule has 1 rings (SSSR count). The standard InChI is InChI=1S/C16H29ClN2O2/c1-11(17)8-13(16(21)19-2)10-15(20)14(18)9-12-6-4-3-5-7-12/h12-15,20H,1,3-10,18H2,2H3,(H,19,21)/t13-,14?,15+/m1/s1. The van der Waals surface area contributed by atoms with Crippen molar-refractivity contribution in [3.8, 4) is 0 Å². The van der Waals surface area contributed by atoms with E-state index in [-0.39, 0.29) is 17.9 Å². The largest absolute Gasteiger partial charge is 0.391 e. The van der Waals surface area contributed by atoms with Crippen LogP contribution in [0.1, 0.15) is 51.4 Å². The number of hydrogen-bond donors (Lipinski definition) is 3. The molecule has 0 spiro atoms. The van der Waals surface area contributed by atoms with Gasteiger partial charge in [0.2, 0.25) is 5.91 Å². The number of rotatable bonds is 8. The summed E-state index contributed by atoms with van der Waals surface area (Å²) in [4.78, 5) is 11.8. The highest BCUT2D eigenvalue weighted by atomic mass is 35.5. The summed E-state index contributed by atoms with van der Waals surface area (Å²) in [5.74, 6) is 0.123. The van der Waals surface area contributed by atoms with Gasteiger partial charge in [0.1, 0.15) is 0 Å². The Labute approximate surface area is 133 Å². The first-order valence-corrected chi connectivity index (χ1v) is 8.30. The second-order valence-electron chi connectivity index (χ2n) is 6.24. The maximum atomic E-state index is 11.8. The summed E-state index contributed by atoms with van der Waals surface area (Å²) in [5, 5.41) is 13.3. The van der Waals surface area contributed by atoms with Gasteiger partial charge in [-0.1, -0.05) is 50.3 Å². The SMILES string of the molecule is C=C(Cl)C[C@H](C[C@H](O)C(N)CC1CCCCC1)C(=O)NC. The van der Waals surface area contributed by atoms with Crippen LogP contribution in [0.5, 0.6) is 0 Å². The van der Waals surface area contributed by atoms with Gasteiger partial charge in [-0.05, 0) is 25.2 Å². The molecule has 0 aromatic carbocycles. The minimum absolute atomic E-state index is 0.124. The van der Waals surface area contributed by atoms with Gasteiger partial charge in [0.25, 0.3) is 0 Å². The molecule has 4 nitrogen and oxygen atoms in total. The van der Waals surface area contributed by atoms with Crippen molar-refractivity contribution in [2.24, 2.45) is 17.6 Å². The number of halogens is 1. The molecule has 0 heterocycles. The van der Waals surface area contributed by atoms with Crippen LogP contribution in [0.25, 0.3) is 0 Å². The van der Waals surface area contributed by atoms with Crippen LogP contribution in [0.2, 0.25) is 0 Å². The normalized spacial score (nSPS) is 20.6. The average molecular weight is 317 g/mol. The summed E-state index contributed by atoms with van der Waals surface area (Å²) in [5.41, 5.74) is 6.13. The third-order valence-corrected chi connectivity index (χ3v) is 4.59. The molecule has 0 bridgehead atoms. The smallest absolute Gasteiger partial charge is 0.223 e. The number of carbonyl (C=O) groups is 1. The number of hydrogen-bond acceptors (Lipinski definition) is 3. The third kappa shape index (κ3) is 6.81. The molecule has 0 aromatic heterocycles. The monoisotopic (exact) mass is 316 g/mol. The molecule has 3 atom stereocenters. The Hall–Kier alpha value is -0.580. The lowest BCUT2D eigenvalue weighted by atomic mass is 9.82. The van der Waals surface area contributed by atoms with Gasteiger partial charge in [0.15, 0.2) is 0 Å². The molecule has 1 unspecified atom stereocenters. The van der Waals surface area contributed by atoms with Crippen molar-refractivity contribution in [1.82, 2.24) is 5.32 Å². The van der Waals surface area contributed by atoms with Crippen LogP contribution >= 0.6 is 11.6 Å². The molecule has 1 aliphatic rings. The molecule has 0 saturated heterocycles. The Balaban J connectivity index is 2.48. The predicted octanol–water partition coefficient (Wildman–Crippen LogP) is 2.54. The third-order valence-electron chi connectivity index (χ3n) is 4.44. The number of aliphatic hydroxyl groups excluding tert-OH is 1. The van der Waals surface area contributed by atoms with Crippen molar-refractivity contribution >= 4 is 17.5 Å². The van der Waals surface area contributed by atoms with Gasteiger partial charge in [-0.25, -0.2) is 0 Å². The topological polar surface area (TPSA) is 75.3 Å². The number of aliphatic hydroxyl groups is 1. The zero-order valence-electron chi connectivity index (χ0n) is 13.0. The molecule has 4 N–H and O–H groups in total. The zero-order chi connectivity index (χ0) is 15.8. The molecule has 1 aliphatic carbocycles. The number of nitrogens with two attached hydrogens (primary N) is 1. The van der Waals surface area contributed by atoms with E-state index < -0.39 is 6.10 Å². The molecule has 1 amide bonds. The van der Waals surface area contributed by atoms with Crippen LogP contribution in [-0.2, 0) is 4.79 Å². The number of amides is 1. The Bertz CT molecular complexity index is 343. The summed E-state index contributed by atoms with van der Waals surface area (Å²) in [7, 11) is 1.58. The van der Waals surface area contributed by atoms with Gasteiger partial charge in [-0.2, -0.15) is 0 Å². The van der Waals surface area contributed by atoms with Crippen LogP contribution < -0.4 is 11.1 Å². The minimum atomic E-state index is -0.676. The Kier molecular flexibility index (Phi) is 8.30. The molecule has 21 heavy (non-hydrogen) atoms. The molecular formula is C16H29ClN2O2. The van der Waals surface area contributed by atoms with Crippen LogP contribution in [-0.4, -0.2) is 30.2 Å². The summed E-state index contributed by atoms with van der Waals surface area (Å²) < 4.78 is 0. The highest BCUT2D eigenvalue weighted by Gasteiger charge is 2.27. The van der Waals surface area contributed by atoms with Crippen molar-refractivity contribution in [3.63, 3.8) is 0 Å². The molecule has 1 saturated carbocycles. The molecule has 0 radical (unpaired) electrons. The Morgan fingerprint density at radius 2 is 2.05 bits per heavy atom.